The van der Waals surface area contributed by atoms with E-state index in [1.165, 1.54) is 0 Å². The highest BCUT2D eigenvalue weighted by Gasteiger charge is 2.33. The number of carbonyl (C=O) groups is 7. The van der Waals surface area contributed by atoms with E-state index in [2.05, 4.69) is 26.6 Å². The van der Waals surface area contributed by atoms with Gasteiger partial charge in [-0.25, -0.2) is 0 Å². The molecule has 0 aliphatic rings. The summed E-state index contributed by atoms with van der Waals surface area (Å²) in [6, 6.07) is -5.00. The number of hydrogen-bond acceptors (Lipinski definition) is 9. The van der Waals surface area contributed by atoms with Crippen LogP contribution in [0.2, 0.25) is 0 Å². The van der Waals surface area contributed by atoms with Crippen LogP contribution in [-0.4, -0.2) is 94.9 Å². The topological polar surface area (TPSA) is 322 Å². The third-order valence-electron chi connectivity index (χ3n) is 6.14. The highest BCUT2D eigenvalue weighted by Crippen LogP contribution is 2.11. The van der Waals surface area contributed by atoms with Gasteiger partial charge in [0.05, 0.1) is 6.04 Å². The molecule has 0 saturated carbocycles. The van der Waals surface area contributed by atoms with E-state index in [4.69, 9.17) is 32.8 Å². The molecule has 0 radical (unpaired) electrons. The minimum absolute atomic E-state index is 0.0358. The fraction of sp³-hybridized carbons (Fsp3) is 0.667. The van der Waals surface area contributed by atoms with Crippen molar-refractivity contribution in [2.24, 2.45) is 23.1 Å². The van der Waals surface area contributed by atoms with E-state index in [1.54, 1.807) is 13.8 Å². The second-order valence-electron chi connectivity index (χ2n) is 9.63. The molecule has 0 aliphatic carbocycles. The average molecular weight is 602 g/mol. The number of primary amides is 1. The standard InChI is InChI=1S/C24H43N9O9/c1-3-12(2)19(23(42)32-15(7-9-17(35)36)21(40)30-11-18(37)38)33-22(41)14(5-4-10-29-24(27)28)31-20(39)13(25)6-8-16(26)34/h12-15,19H,3-11,25H2,1-2H3,(H2,26,34)(H,30,40)(H,31,39)(H,32,42)(H,33,41)(H,35,36)(H,37,38)(H4,27,28,29)/t12-,13-,14-,15-,19-/m0/s1. The molecule has 18 nitrogen and oxygen atoms in total. The largest absolute Gasteiger partial charge is 0.481 e. The quantitative estimate of drug-likeness (QED) is 0.0345. The van der Waals surface area contributed by atoms with Gasteiger partial charge in [-0.2, -0.15) is 0 Å². The lowest BCUT2D eigenvalue weighted by Crippen LogP contribution is -2.59. The van der Waals surface area contributed by atoms with Gasteiger partial charge in [-0.1, -0.05) is 20.3 Å². The number of carbonyl (C=O) groups excluding carboxylic acids is 5. The summed E-state index contributed by atoms with van der Waals surface area (Å²) < 4.78 is 0. The van der Waals surface area contributed by atoms with E-state index in [9.17, 15) is 33.6 Å². The molecule has 0 unspecified atom stereocenters. The Morgan fingerprint density at radius 1 is 0.762 bits per heavy atom. The van der Waals surface area contributed by atoms with Crippen LogP contribution in [0.25, 0.3) is 0 Å². The summed E-state index contributed by atoms with van der Waals surface area (Å²) in [4.78, 5) is 84.6. The van der Waals surface area contributed by atoms with Gasteiger partial charge in [0, 0.05) is 19.4 Å². The van der Waals surface area contributed by atoms with E-state index in [0.717, 1.165) is 0 Å². The predicted molar refractivity (Wildman–Crippen MR) is 148 cm³/mol. The molecule has 0 aromatic heterocycles. The Bertz CT molecular complexity index is 992. The van der Waals surface area contributed by atoms with Crippen LogP contribution in [-0.2, 0) is 33.6 Å². The molecule has 0 fully saturated rings. The zero-order valence-corrected chi connectivity index (χ0v) is 23.7. The molecule has 14 N–H and O–H groups in total. The smallest absolute Gasteiger partial charge is 0.322 e. The molecule has 238 valence electrons. The van der Waals surface area contributed by atoms with Crippen molar-refractivity contribution < 1.29 is 43.8 Å². The third-order valence-corrected chi connectivity index (χ3v) is 6.14. The summed E-state index contributed by atoms with van der Waals surface area (Å²) in [5, 5.41) is 37.2. The fourth-order valence-corrected chi connectivity index (χ4v) is 3.55. The second kappa shape index (κ2) is 19.6. The van der Waals surface area contributed by atoms with Crippen molar-refractivity contribution in [3.8, 4) is 0 Å². The number of nitrogens with two attached hydrogens (primary N) is 3. The Morgan fingerprint density at radius 3 is 1.88 bits per heavy atom. The molecule has 5 amide bonds. The van der Waals surface area contributed by atoms with Crippen molar-refractivity contribution in [2.75, 3.05) is 13.1 Å². The van der Waals surface area contributed by atoms with Crippen LogP contribution >= 0.6 is 0 Å². The number of hydrogen-bond donors (Lipinski definition) is 11. The number of aliphatic carboxylic acids is 2. The van der Waals surface area contributed by atoms with E-state index in [1.807, 2.05) is 0 Å². The summed E-state index contributed by atoms with van der Waals surface area (Å²) in [6.07, 6.45) is -0.401. The fourth-order valence-electron chi connectivity index (χ4n) is 3.55. The minimum Gasteiger partial charge on any atom is -0.481 e. The molecule has 0 rings (SSSR count). The lowest BCUT2D eigenvalue weighted by Gasteiger charge is -2.28. The molecule has 18 heteroatoms. The third kappa shape index (κ3) is 15.9. The maximum atomic E-state index is 13.3. The first-order chi connectivity index (χ1) is 19.6. The van der Waals surface area contributed by atoms with Crippen LogP contribution in [0.4, 0.5) is 0 Å². The Kier molecular flexibility index (Phi) is 17.5. The average Bonchev–Trinajstić information content (AvgIpc) is 2.91. The van der Waals surface area contributed by atoms with Gasteiger partial charge in [-0.05, 0) is 31.6 Å². The summed E-state index contributed by atoms with van der Waals surface area (Å²) >= 11 is 0. The molecule has 0 heterocycles. The maximum absolute atomic E-state index is 13.3. The SMILES string of the molecule is CC[C@H](C)[C@H](NC(=O)[C@H](CCCNC(=N)N)NC(=O)[C@@H](N)CCC(N)=O)C(=O)N[C@@H](CCC(=O)O)C(=O)NCC(=O)O. The highest BCUT2D eigenvalue weighted by molar-refractivity contribution is 5.95. The summed E-state index contributed by atoms with van der Waals surface area (Å²) in [5.41, 5.74) is 16.2. The monoisotopic (exact) mass is 601 g/mol. The summed E-state index contributed by atoms with van der Waals surface area (Å²) in [7, 11) is 0. The summed E-state index contributed by atoms with van der Waals surface area (Å²) in [6.45, 7) is 2.81. The second-order valence-corrected chi connectivity index (χ2v) is 9.63. The van der Waals surface area contributed by atoms with Crippen molar-refractivity contribution in [2.45, 2.75) is 83.0 Å². The molecule has 42 heavy (non-hydrogen) atoms. The molecule has 0 saturated heterocycles. The van der Waals surface area contributed by atoms with Gasteiger partial charge in [-0.15, -0.1) is 0 Å². The van der Waals surface area contributed by atoms with E-state index < -0.39 is 84.5 Å². The van der Waals surface area contributed by atoms with Crippen molar-refractivity contribution in [3.63, 3.8) is 0 Å². The molecule has 0 spiro atoms. The zero-order valence-electron chi connectivity index (χ0n) is 23.7. The Morgan fingerprint density at radius 2 is 1.36 bits per heavy atom. The number of carboxylic acid groups (broad SMARTS) is 2. The van der Waals surface area contributed by atoms with Crippen LogP contribution in [0.15, 0.2) is 0 Å². The number of rotatable bonds is 21. The Balaban J connectivity index is 5.83. The molecule has 5 atom stereocenters. The van der Waals surface area contributed by atoms with Crippen LogP contribution < -0.4 is 43.8 Å². The van der Waals surface area contributed by atoms with Gasteiger partial charge in [0.15, 0.2) is 5.96 Å². The lowest BCUT2D eigenvalue weighted by atomic mass is 9.96. The lowest BCUT2D eigenvalue weighted by molar-refractivity contribution is -0.140. The Hall–Kier alpha value is -4.48. The van der Waals surface area contributed by atoms with Crippen molar-refractivity contribution in [1.29, 1.82) is 5.41 Å². The van der Waals surface area contributed by atoms with E-state index in [0.29, 0.717) is 6.42 Å². The number of nitrogens with one attached hydrogen (secondary N) is 6. The molecule has 0 aliphatic heterocycles. The molecule has 0 aromatic rings. The Labute approximate surface area is 242 Å². The normalized spacial score (nSPS) is 14.2. The van der Waals surface area contributed by atoms with Gasteiger partial charge in [0.2, 0.25) is 29.5 Å². The highest BCUT2D eigenvalue weighted by atomic mass is 16.4. The minimum atomic E-state index is -1.41. The van der Waals surface area contributed by atoms with Crippen LogP contribution in [0.3, 0.4) is 0 Å². The van der Waals surface area contributed by atoms with Gasteiger partial charge >= 0.3 is 11.9 Å². The summed E-state index contributed by atoms with van der Waals surface area (Å²) in [5.74, 6) is -7.33. The first kappa shape index (κ1) is 37.5. The molecular formula is C24H43N9O9. The molecule has 0 aromatic carbocycles. The van der Waals surface area contributed by atoms with Crippen molar-refractivity contribution in [3.05, 3.63) is 0 Å². The van der Waals surface area contributed by atoms with Crippen molar-refractivity contribution in [1.82, 2.24) is 26.6 Å². The van der Waals surface area contributed by atoms with Gasteiger partial charge < -0.3 is 54.0 Å². The number of guanidine groups is 1. The van der Waals surface area contributed by atoms with Crippen LogP contribution in [0.5, 0.6) is 0 Å². The van der Waals surface area contributed by atoms with E-state index in [-0.39, 0.29) is 44.6 Å². The van der Waals surface area contributed by atoms with Crippen molar-refractivity contribution >= 4 is 47.4 Å². The maximum Gasteiger partial charge on any atom is 0.322 e. The number of amides is 5. The van der Waals surface area contributed by atoms with Gasteiger partial charge in [0.1, 0.15) is 24.7 Å². The molecule has 0 bridgehead atoms. The first-order valence-electron chi connectivity index (χ1n) is 13.3. The van der Waals surface area contributed by atoms with Gasteiger partial charge in [-0.3, -0.25) is 39.0 Å². The predicted octanol–water partition coefficient (Wildman–Crippen LogP) is -3.59. The van der Waals surface area contributed by atoms with Crippen LogP contribution in [0, 0.1) is 11.3 Å². The van der Waals surface area contributed by atoms with Crippen LogP contribution in [0.1, 0.15) is 58.8 Å². The first-order valence-corrected chi connectivity index (χ1v) is 13.3. The zero-order chi connectivity index (χ0) is 32.4. The molecular weight excluding hydrogens is 558 g/mol. The van der Waals surface area contributed by atoms with E-state index >= 15 is 0 Å². The van der Waals surface area contributed by atoms with Gasteiger partial charge in [0.25, 0.3) is 0 Å². The number of carboxylic acids is 2.